The van der Waals surface area contributed by atoms with E-state index >= 15 is 0 Å². The van der Waals surface area contributed by atoms with Gasteiger partial charge in [-0.05, 0) is 24.1 Å². The van der Waals surface area contributed by atoms with Crippen LogP contribution in [-0.4, -0.2) is 25.5 Å². The smallest absolute Gasteiger partial charge is 0.307 e. The topological polar surface area (TPSA) is 64.6 Å². The lowest BCUT2D eigenvalue weighted by molar-refractivity contribution is -0.150. The van der Waals surface area contributed by atoms with Gasteiger partial charge in [-0.3, -0.25) is 9.59 Å². The molecule has 5 nitrogen and oxygen atoms in total. The molecule has 0 unspecified atom stereocenters. The van der Waals surface area contributed by atoms with Crippen LogP contribution in [0.4, 0.5) is 0 Å². The zero-order valence-electron chi connectivity index (χ0n) is 11.8. The maximum Gasteiger partial charge on any atom is 0.307 e. The minimum absolute atomic E-state index is 0.0705. The molecule has 0 bridgehead atoms. The number of carbonyl (C=O) groups is 2. The predicted octanol–water partition coefficient (Wildman–Crippen LogP) is 1.65. The second-order valence-electron chi connectivity index (χ2n) is 5.25. The molecule has 1 aromatic carbocycles. The van der Waals surface area contributed by atoms with E-state index in [1.807, 2.05) is 24.3 Å². The van der Waals surface area contributed by atoms with E-state index in [0.29, 0.717) is 13.0 Å². The van der Waals surface area contributed by atoms with E-state index in [9.17, 15) is 9.59 Å². The van der Waals surface area contributed by atoms with Crippen molar-refractivity contribution in [1.29, 1.82) is 0 Å². The predicted molar refractivity (Wildman–Crippen MR) is 73.1 cm³/mol. The quantitative estimate of drug-likeness (QED) is 0.831. The SMILES string of the molecule is COc1ccc(COC(=O)C[C@@]2(C)CCNC2=O)cc1. The molecule has 0 radical (unpaired) electrons. The van der Waals surface area contributed by atoms with Crippen LogP contribution < -0.4 is 10.1 Å². The monoisotopic (exact) mass is 277 g/mol. The molecule has 1 saturated heterocycles. The largest absolute Gasteiger partial charge is 0.497 e. The highest BCUT2D eigenvalue weighted by Crippen LogP contribution is 2.30. The Balaban J connectivity index is 1.84. The molecule has 0 saturated carbocycles. The number of carbonyl (C=O) groups excluding carboxylic acids is 2. The Morgan fingerprint density at radius 1 is 1.35 bits per heavy atom. The van der Waals surface area contributed by atoms with E-state index in [1.165, 1.54) is 0 Å². The number of rotatable bonds is 5. The molecule has 1 aliphatic rings. The first-order valence-corrected chi connectivity index (χ1v) is 6.60. The summed E-state index contributed by atoms with van der Waals surface area (Å²) in [6.45, 7) is 2.63. The van der Waals surface area contributed by atoms with Crippen molar-refractivity contribution in [2.75, 3.05) is 13.7 Å². The third kappa shape index (κ3) is 3.29. The van der Waals surface area contributed by atoms with Gasteiger partial charge in [0.2, 0.25) is 5.91 Å². The number of methoxy groups -OCH3 is 1. The summed E-state index contributed by atoms with van der Waals surface area (Å²) in [6.07, 6.45) is 0.790. The first-order valence-electron chi connectivity index (χ1n) is 6.60. The van der Waals surface area contributed by atoms with E-state index in [4.69, 9.17) is 9.47 Å². The standard InChI is InChI=1S/C15H19NO4/c1-15(7-8-16-14(15)18)9-13(17)20-10-11-3-5-12(19-2)6-4-11/h3-6H,7-10H2,1-2H3,(H,16,18)/t15-/m1/s1. The normalized spacial score (nSPS) is 21.4. The van der Waals surface area contributed by atoms with Crippen molar-refractivity contribution in [3.63, 3.8) is 0 Å². The number of amides is 1. The van der Waals surface area contributed by atoms with Crippen LogP contribution in [0.15, 0.2) is 24.3 Å². The van der Waals surface area contributed by atoms with Crippen LogP contribution in [0.5, 0.6) is 5.75 Å². The number of hydrogen-bond acceptors (Lipinski definition) is 4. The van der Waals surface area contributed by atoms with Gasteiger partial charge in [0, 0.05) is 6.54 Å². The molecule has 5 heteroatoms. The highest BCUT2D eigenvalue weighted by Gasteiger charge is 2.39. The van der Waals surface area contributed by atoms with Crippen molar-refractivity contribution in [2.24, 2.45) is 5.41 Å². The van der Waals surface area contributed by atoms with Gasteiger partial charge in [-0.1, -0.05) is 19.1 Å². The summed E-state index contributed by atoms with van der Waals surface area (Å²) in [5.41, 5.74) is 0.261. The fourth-order valence-electron chi connectivity index (χ4n) is 2.20. The van der Waals surface area contributed by atoms with Gasteiger partial charge in [0.15, 0.2) is 0 Å². The summed E-state index contributed by atoms with van der Waals surface area (Å²) in [7, 11) is 1.60. The van der Waals surface area contributed by atoms with Crippen LogP contribution in [0.1, 0.15) is 25.3 Å². The molecule has 2 rings (SSSR count). The summed E-state index contributed by atoms with van der Waals surface area (Å²) in [4.78, 5) is 23.5. The highest BCUT2D eigenvalue weighted by molar-refractivity contribution is 5.88. The average molecular weight is 277 g/mol. The molecule has 1 N–H and O–H groups in total. The first kappa shape index (κ1) is 14.4. The van der Waals surface area contributed by atoms with E-state index in [1.54, 1.807) is 14.0 Å². The fraction of sp³-hybridized carbons (Fsp3) is 0.467. The molecule has 1 amide bonds. The molecule has 108 valence electrons. The lowest BCUT2D eigenvalue weighted by Crippen LogP contribution is -2.31. The Hall–Kier alpha value is -2.04. The van der Waals surface area contributed by atoms with Crippen molar-refractivity contribution in [3.8, 4) is 5.75 Å². The zero-order chi connectivity index (χ0) is 14.6. The van der Waals surface area contributed by atoms with Crippen LogP contribution in [-0.2, 0) is 20.9 Å². The van der Waals surface area contributed by atoms with Crippen LogP contribution in [0.25, 0.3) is 0 Å². The van der Waals surface area contributed by atoms with Gasteiger partial charge >= 0.3 is 5.97 Å². The van der Waals surface area contributed by atoms with Crippen molar-refractivity contribution in [3.05, 3.63) is 29.8 Å². The summed E-state index contributed by atoms with van der Waals surface area (Å²) >= 11 is 0. The van der Waals surface area contributed by atoms with Gasteiger partial charge in [-0.25, -0.2) is 0 Å². The molecule has 1 heterocycles. The summed E-state index contributed by atoms with van der Waals surface area (Å²) in [5.74, 6) is 0.342. The lowest BCUT2D eigenvalue weighted by atomic mass is 9.85. The lowest BCUT2D eigenvalue weighted by Gasteiger charge is -2.18. The highest BCUT2D eigenvalue weighted by atomic mass is 16.5. The summed E-state index contributed by atoms with van der Waals surface area (Å²) < 4.78 is 10.3. The molecule has 1 aromatic rings. The van der Waals surface area contributed by atoms with Crippen LogP contribution in [0.2, 0.25) is 0 Å². The Kier molecular flexibility index (Phi) is 4.27. The third-order valence-electron chi connectivity index (χ3n) is 3.60. The molecule has 1 aliphatic heterocycles. The maximum absolute atomic E-state index is 11.8. The Morgan fingerprint density at radius 2 is 2.05 bits per heavy atom. The van der Waals surface area contributed by atoms with Gasteiger partial charge in [-0.2, -0.15) is 0 Å². The minimum Gasteiger partial charge on any atom is -0.497 e. The molecule has 0 aliphatic carbocycles. The van der Waals surface area contributed by atoms with E-state index in [0.717, 1.165) is 11.3 Å². The molecular formula is C15H19NO4. The van der Waals surface area contributed by atoms with E-state index in [-0.39, 0.29) is 24.9 Å². The third-order valence-corrected chi connectivity index (χ3v) is 3.60. The van der Waals surface area contributed by atoms with Gasteiger partial charge in [-0.15, -0.1) is 0 Å². The molecule has 0 aromatic heterocycles. The molecule has 20 heavy (non-hydrogen) atoms. The summed E-state index contributed by atoms with van der Waals surface area (Å²) in [5, 5.41) is 2.74. The van der Waals surface area contributed by atoms with Gasteiger partial charge in [0.1, 0.15) is 12.4 Å². The molecule has 0 spiro atoms. The van der Waals surface area contributed by atoms with Crippen LogP contribution in [0.3, 0.4) is 0 Å². The van der Waals surface area contributed by atoms with E-state index in [2.05, 4.69) is 5.32 Å². The van der Waals surface area contributed by atoms with Gasteiger partial charge in [0.25, 0.3) is 0 Å². The van der Waals surface area contributed by atoms with Crippen molar-refractivity contribution >= 4 is 11.9 Å². The molecular weight excluding hydrogens is 258 g/mol. The number of hydrogen-bond donors (Lipinski definition) is 1. The second kappa shape index (κ2) is 5.94. The van der Waals surface area contributed by atoms with Crippen LogP contribution in [0, 0.1) is 5.41 Å². The van der Waals surface area contributed by atoms with Crippen molar-refractivity contribution in [2.45, 2.75) is 26.4 Å². The van der Waals surface area contributed by atoms with Gasteiger partial charge < -0.3 is 14.8 Å². The van der Waals surface area contributed by atoms with E-state index < -0.39 is 5.41 Å². The Bertz CT molecular complexity index is 497. The number of ether oxygens (including phenoxy) is 2. The first-order chi connectivity index (χ1) is 9.53. The van der Waals surface area contributed by atoms with Crippen molar-refractivity contribution < 1.29 is 19.1 Å². The maximum atomic E-state index is 11.8. The van der Waals surface area contributed by atoms with Crippen molar-refractivity contribution in [1.82, 2.24) is 5.32 Å². The van der Waals surface area contributed by atoms with Crippen LogP contribution >= 0.6 is 0 Å². The Labute approximate surface area is 118 Å². The summed E-state index contributed by atoms with van der Waals surface area (Å²) in [6, 6.07) is 7.32. The second-order valence-corrected chi connectivity index (χ2v) is 5.25. The number of esters is 1. The minimum atomic E-state index is -0.628. The van der Waals surface area contributed by atoms with Gasteiger partial charge in [0.05, 0.1) is 18.9 Å². The molecule has 1 fully saturated rings. The Morgan fingerprint density at radius 3 is 2.60 bits per heavy atom. The molecule has 1 atom stereocenters. The fourth-order valence-corrected chi connectivity index (χ4v) is 2.20. The average Bonchev–Trinajstić information content (AvgIpc) is 2.76. The number of nitrogens with one attached hydrogen (secondary N) is 1. The zero-order valence-corrected chi connectivity index (χ0v) is 11.8. The number of benzene rings is 1.